The Balaban J connectivity index is 1.54. The Morgan fingerprint density at radius 3 is 3.14 bits per heavy atom. The van der Waals surface area contributed by atoms with Crippen LogP contribution in [0.2, 0.25) is 0 Å². The van der Waals surface area contributed by atoms with Crippen molar-refractivity contribution in [1.82, 2.24) is 15.2 Å². The molecular weight excluding hydrogens is 266 g/mol. The van der Waals surface area contributed by atoms with Gasteiger partial charge < -0.3 is 15.0 Å². The Morgan fingerprint density at radius 2 is 2.38 bits per heavy atom. The number of hydrogen-bond acceptors (Lipinski definition) is 4. The third kappa shape index (κ3) is 4.02. The average molecular weight is 289 g/mol. The largest absolute Gasteiger partial charge is 0.381 e. The Kier molecular flexibility index (Phi) is 4.83. The molecule has 1 aromatic heterocycles. The van der Waals surface area contributed by atoms with Crippen molar-refractivity contribution in [3.05, 3.63) is 30.1 Å². The monoisotopic (exact) mass is 289 g/mol. The molecule has 0 aromatic carbocycles. The molecule has 2 fully saturated rings. The van der Waals surface area contributed by atoms with Crippen molar-refractivity contribution in [1.29, 1.82) is 0 Å². The van der Waals surface area contributed by atoms with Gasteiger partial charge in [0.05, 0.1) is 19.1 Å². The van der Waals surface area contributed by atoms with E-state index in [1.165, 1.54) is 12.8 Å². The maximum Gasteiger partial charge on any atom is 0.225 e. The van der Waals surface area contributed by atoms with E-state index in [4.69, 9.17) is 4.74 Å². The van der Waals surface area contributed by atoms with E-state index in [0.717, 1.165) is 37.7 Å². The highest BCUT2D eigenvalue weighted by Crippen LogP contribution is 2.28. The summed E-state index contributed by atoms with van der Waals surface area (Å²) in [6.45, 7) is 3.76. The van der Waals surface area contributed by atoms with Crippen LogP contribution in [0.4, 0.5) is 0 Å². The summed E-state index contributed by atoms with van der Waals surface area (Å²) in [4.78, 5) is 18.6. The van der Waals surface area contributed by atoms with E-state index >= 15 is 0 Å². The fourth-order valence-electron chi connectivity index (χ4n) is 2.71. The van der Waals surface area contributed by atoms with Gasteiger partial charge in [-0.15, -0.1) is 0 Å². The first-order chi connectivity index (χ1) is 10.3. The van der Waals surface area contributed by atoms with Crippen LogP contribution in [-0.4, -0.2) is 48.6 Å². The second kappa shape index (κ2) is 7.00. The fraction of sp³-hybridized carbons (Fsp3) is 0.625. The zero-order chi connectivity index (χ0) is 14.5. The number of hydrogen-bond donors (Lipinski definition) is 1. The quantitative estimate of drug-likeness (QED) is 0.804. The van der Waals surface area contributed by atoms with Gasteiger partial charge in [0.15, 0.2) is 0 Å². The molecule has 1 amide bonds. The molecule has 1 aliphatic heterocycles. The maximum absolute atomic E-state index is 12.4. The molecule has 1 saturated carbocycles. The first-order valence-electron chi connectivity index (χ1n) is 7.82. The molecule has 1 aliphatic carbocycles. The van der Waals surface area contributed by atoms with Gasteiger partial charge in [-0.05, 0) is 30.4 Å². The number of nitrogens with one attached hydrogen (secondary N) is 1. The maximum atomic E-state index is 12.4. The van der Waals surface area contributed by atoms with Crippen molar-refractivity contribution >= 4 is 5.91 Å². The van der Waals surface area contributed by atoms with Crippen LogP contribution in [0.3, 0.4) is 0 Å². The third-order valence-electron chi connectivity index (χ3n) is 4.14. The van der Waals surface area contributed by atoms with Gasteiger partial charge in [-0.1, -0.05) is 6.07 Å². The fourth-order valence-corrected chi connectivity index (χ4v) is 2.71. The predicted octanol–water partition coefficient (Wildman–Crippen LogP) is 1.37. The van der Waals surface area contributed by atoms with Crippen LogP contribution >= 0.6 is 0 Å². The number of carbonyl (C=O) groups is 1. The van der Waals surface area contributed by atoms with Crippen molar-refractivity contribution in [2.45, 2.75) is 25.3 Å². The van der Waals surface area contributed by atoms with E-state index in [1.54, 1.807) is 6.20 Å². The number of piperazine rings is 1. The molecule has 5 heteroatoms. The SMILES string of the molecule is O=C(CCOCC1CC1)N1CCNCC1c1cccnc1. The van der Waals surface area contributed by atoms with Crippen LogP contribution in [0.15, 0.2) is 24.5 Å². The number of pyridine rings is 1. The first kappa shape index (κ1) is 14.5. The zero-order valence-corrected chi connectivity index (χ0v) is 12.3. The minimum absolute atomic E-state index is 0.0865. The van der Waals surface area contributed by atoms with Crippen LogP contribution in [-0.2, 0) is 9.53 Å². The van der Waals surface area contributed by atoms with E-state index in [9.17, 15) is 4.79 Å². The molecule has 21 heavy (non-hydrogen) atoms. The van der Waals surface area contributed by atoms with Gasteiger partial charge in [-0.2, -0.15) is 0 Å². The highest BCUT2D eigenvalue weighted by Gasteiger charge is 2.28. The van der Waals surface area contributed by atoms with E-state index in [-0.39, 0.29) is 11.9 Å². The number of amides is 1. The molecule has 0 radical (unpaired) electrons. The van der Waals surface area contributed by atoms with E-state index in [0.29, 0.717) is 13.0 Å². The lowest BCUT2D eigenvalue weighted by Crippen LogP contribution is -2.48. The van der Waals surface area contributed by atoms with Crippen LogP contribution in [0.25, 0.3) is 0 Å². The Bertz CT molecular complexity index is 462. The Hall–Kier alpha value is -1.46. The second-order valence-corrected chi connectivity index (χ2v) is 5.86. The summed E-state index contributed by atoms with van der Waals surface area (Å²) in [5.74, 6) is 0.934. The highest BCUT2D eigenvalue weighted by atomic mass is 16.5. The summed E-state index contributed by atoms with van der Waals surface area (Å²) in [7, 11) is 0. The minimum atomic E-state index is 0.0865. The lowest BCUT2D eigenvalue weighted by Gasteiger charge is -2.36. The first-order valence-corrected chi connectivity index (χ1v) is 7.82. The summed E-state index contributed by atoms with van der Waals surface area (Å²) >= 11 is 0. The van der Waals surface area contributed by atoms with Gasteiger partial charge in [-0.3, -0.25) is 9.78 Å². The van der Waals surface area contributed by atoms with Crippen LogP contribution in [0.1, 0.15) is 30.9 Å². The number of carbonyl (C=O) groups excluding carboxylic acids is 1. The predicted molar refractivity (Wildman–Crippen MR) is 79.7 cm³/mol. The molecular formula is C16H23N3O2. The number of ether oxygens (including phenoxy) is 1. The van der Waals surface area contributed by atoms with Gasteiger partial charge in [0.25, 0.3) is 0 Å². The molecule has 1 aromatic rings. The normalized spacial score (nSPS) is 22.3. The van der Waals surface area contributed by atoms with Crippen molar-refractivity contribution in [2.75, 3.05) is 32.8 Å². The minimum Gasteiger partial charge on any atom is -0.381 e. The Morgan fingerprint density at radius 1 is 1.48 bits per heavy atom. The second-order valence-electron chi connectivity index (χ2n) is 5.86. The molecule has 1 N–H and O–H groups in total. The molecule has 0 spiro atoms. The smallest absolute Gasteiger partial charge is 0.225 e. The van der Waals surface area contributed by atoms with Crippen LogP contribution in [0.5, 0.6) is 0 Å². The molecule has 114 valence electrons. The van der Waals surface area contributed by atoms with Crippen molar-refractivity contribution in [2.24, 2.45) is 5.92 Å². The van der Waals surface area contributed by atoms with Gasteiger partial charge in [-0.25, -0.2) is 0 Å². The van der Waals surface area contributed by atoms with Crippen molar-refractivity contribution in [3.8, 4) is 0 Å². The zero-order valence-electron chi connectivity index (χ0n) is 12.3. The standard InChI is InChI=1S/C16H23N3O2/c20-16(5-9-21-12-13-3-4-13)19-8-7-18-11-15(19)14-2-1-6-17-10-14/h1-2,6,10,13,15,18H,3-5,7-9,11-12H2. The van der Waals surface area contributed by atoms with Gasteiger partial charge >= 0.3 is 0 Å². The third-order valence-corrected chi connectivity index (χ3v) is 4.14. The molecule has 1 unspecified atom stereocenters. The molecule has 3 rings (SSSR count). The van der Waals surface area contributed by atoms with Crippen LogP contribution in [0, 0.1) is 5.92 Å². The van der Waals surface area contributed by atoms with Crippen LogP contribution < -0.4 is 5.32 Å². The van der Waals surface area contributed by atoms with Crippen molar-refractivity contribution < 1.29 is 9.53 Å². The van der Waals surface area contributed by atoms with Gasteiger partial charge in [0, 0.05) is 38.6 Å². The van der Waals surface area contributed by atoms with E-state index in [2.05, 4.69) is 10.3 Å². The van der Waals surface area contributed by atoms with E-state index < -0.39 is 0 Å². The summed E-state index contributed by atoms with van der Waals surface area (Å²) in [5.41, 5.74) is 1.09. The molecule has 1 atom stereocenters. The number of aromatic nitrogens is 1. The highest BCUT2D eigenvalue weighted by molar-refractivity contribution is 5.77. The van der Waals surface area contributed by atoms with Gasteiger partial charge in [0.1, 0.15) is 0 Å². The molecule has 2 heterocycles. The summed E-state index contributed by atoms with van der Waals surface area (Å²) < 4.78 is 5.58. The lowest BCUT2D eigenvalue weighted by molar-refractivity contribution is -0.135. The molecule has 5 nitrogen and oxygen atoms in total. The molecule has 1 saturated heterocycles. The lowest BCUT2D eigenvalue weighted by atomic mass is 10.0. The molecule has 2 aliphatic rings. The van der Waals surface area contributed by atoms with Crippen molar-refractivity contribution in [3.63, 3.8) is 0 Å². The number of nitrogens with zero attached hydrogens (tertiary/aromatic N) is 2. The summed E-state index contributed by atoms with van der Waals surface area (Å²) in [6.07, 6.45) is 6.66. The van der Waals surface area contributed by atoms with E-state index in [1.807, 2.05) is 23.2 Å². The topological polar surface area (TPSA) is 54.5 Å². The average Bonchev–Trinajstić information content (AvgIpc) is 3.36. The number of rotatable bonds is 6. The van der Waals surface area contributed by atoms with Gasteiger partial charge in [0.2, 0.25) is 5.91 Å². The Labute approximate surface area is 125 Å². The summed E-state index contributed by atoms with van der Waals surface area (Å²) in [5, 5.41) is 3.36. The summed E-state index contributed by atoms with van der Waals surface area (Å²) in [6, 6.07) is 4.04. The molecule has 0 bridgehead atoms.